The SMILES string of the molecule is CC(CN(C)C1CCC(C)(C)CC1)C(N)=NO. The van der Waals surface area contributed by atoms with Gasteiger partial charge in [0, 0.05) is 18.5 Å². The number of nitrogens with zero attached hydrogens (tertiary/aromatic N) is 2. The summed E-state index contributed by atoms with van der Waals surface area (Å²) in [4.78, 5) is 2.36. The van der Waals surface area contributed by atoms with Gasteiger partial charge in [0.2, 0.25) is 0 Å². The lowest BCUT2D eigenvalue weighted by atomic mass is 9.75. The van der Waals surface area contributed by atoms with Crippen molar-refractivity contribution in [3.05, 3.63) is 0 Å². The molecule has 1 fully saturated rings. The summed E-state index contributed by atoms with van der Waals surface area (Å²) >= 11 is 0. The van der Waals surface area contributed by atoms with Gasteiger partial charge in [-0.1, -0.05) is 25.9 Å². The fourth-order valence-corrected chi connectivity index (χ4v) is 2.60. The van der Waals surface area contributed by atoms with Crippen LogP contribution in [0.2, 0.25) is 0 Å². The number of hydrogen-bond donors (Lipinski definition) is 2. The summed E-state index contributed by atoms with van der Waals surface area (Å²) in [6.07, 6.45) is 5.10. The molecule has 4 nitrogen and oxygen atoms in total. The Morgan fingerprint density at radius 1 is 1.47 bits per heavy atom. The molecule has 3 N–H and O–H groups in total. The molecule has 0 aromatic heterocycles. The van der Waals surface area contributed by atoms with E-state index >= 15 is 0 Å². The van der Waals surface area contributed by atoms with E-state index in [1.54, 1.807) is 0 Å². The first-order chi connectivity index (χ1) is 7.85. The van der Waals surface area contributed by atoms with Crippen molar-refractivity contribution >= 4 is 5.84 Å². The second kappa shape index (κ2) is 5.71. The second-order valence-corrected chi connectivity index (χ2v) is 6.26. The first-order valence-corrected chi connectivity index (χ1v) is 6.53. The normalized spacial score (nSPS) is 23.9. The zero-order chi connectivity index (χ0) is 13.1. The highest BCUT2D eigenvalue weighted by molar-refractivity contribution is 5.82. The van der Waals surface area contributed by atoms with E-state index in [0.29, 0.717) is 17.3 Å². The minimum absolute atomic E-state index is 0.111. The highest BCUT2D eigenvalue weighted by Gasteiger charge is 2.29. The lowest BCUT2D eigenvalue weighted by Gasteiger charge is -2.39. The Labute approximate surface area is 105 Å². The molecule has 0 amide bonds. The minimum atomic E-state index is 0.111. The first kappa shape index (κ1) is 14.3. The Hall–Kier alpha value is -0.770. The fourth-order valence-electron chi connectivity index (χ4n) is 2.60. The van der Waals surface area contributed by atoms with E-state index in [-0.39, 0.29) is 5.92 Å². The van der Waals surface area contributed by atoms with Crippen LogP contribution in [0, 0.1) is 11.3 Å². The van der Waals surface area contributed by atoms with Crippen LogP contribution in [0.5, 0.6) is 0 Å². The predicted octanol–water partition coefficient (Wildman–Crippen LogP) is 2.27. The molecule has 1 aliphatic rings. The predicted molar refractivity (Wildman–Crippen MR) is 71.2 cm³/mol. The summed E-state index contributed by atoms with van der Waals surface area (Å²) in [5, 5.41) is 11.7. The van der Waals surface area contributed by atoms with Crippen molar-refractivity contribution in [3.63, 3.8) is 0 Å². The summed E-state index contributed by atoms with van der Waals surface area (Å²) in [7, 11) is 2.14. The standard InChI is InChI=1S/C13H27N3O/c1-10(12(14)15-17)9-16(4)11-5-7-13(2,3)8-6-11/h10-11,17H,5-9H2,1-4H3,(H2,14,15). The third-order valence-corrected chi connectivity index (χ3v) is 4.11. The van der Waals surface area contributed by atoms with Gasteiger partial charge in [0.15, 0.2) is 0 Å². The molecule has 100 valence electrons. The largest absolute Gasteiger partial charge is 0.409 e. The van der Waals surface area contributed by atoms with Crippen molar-refractivity contribution in [1.82, 2.24) is 4.90 Å². The second-order valence-electron chi connectivity index (χ2n) is 6.26. The van der Waals surface area contributed by atoms with Gasteiger partial charge in [-0.2, -0.15) is 0 Å². The number of rotatable bonds is 4. The Morgan fingerprint density at radius 3 is 2.47 bits per heavy atom. The Balaban J connectivity index is 2.41. The van der Waals surface area contributed by atoms with Crippen LogP contribution >= 0.6 is 0 Å². The summed E-state index contributed by atoms with van der Waals surface area (Å²) < 4.78 is 0. The Morgan fingerprint density at radius 2 is 2.00 bits per heavy atom. The van der Waals surface area contributed by atoms with E-state index in [1.807, 2.05) is 6.92 Å². The van der Waals surface area contributed by atoms with Gasteiger partial charge in [-0.25, -0.2) is 0 Å². The first-order valence-electron chi connectivity index (χ1n) is 6.53. The zero-order valence-electron chi connectivity index (χ0n) is 11.6. The average molecular weight is 241 g/mol. The van der Waals surface area contributed by atoms with Crippen LogP contribution in [0.3, 0.4) is 0 Å². The van der Waals surface area contributed by atoms with E-state index in [9.17, 15) is 0 Å². The van der Waals surface area contributed by atoms with E-state index in [1.165, 1.54) is 25.7 Å². The molecular formula is C13H27N3O. The number of nitrogens with two attached hydrogens (primary N) is 1. The molecule has 0 bridgehead atoms. The molecule has 0 aliphatic heterocycles. The molecule has 1 saturated carbocycles. The number of hydrogen-bond acceptors (Lipinski definition) is 3. The quantitative estimate of drug-likeness (QED) is 0.343. The van der Waals surface area contributed by atoms with Crippen molar-refractivity contribution < 1.29 is 5.21 Å². The van der Waals surface area contributed by atoms with Gasteiger partial charge in [0.1, 0.15) is 5.84 Å². The van der Waals surface area contributed by atoms with Crippen molar-refractivity contribution in [3.8, 4) is 0 Å². The molecule has 0 heterocycles. The van der Waals surface area contributed by atoms with Gasteiger partial charge in [-0.3, -0.25) is 0 Å². The summed E-state index contributed by atoms with van der Waals surface area (Å²) in [5.41, 5.74) is 6.12. The van der Waals surface area contributed by atoms with Gasteiger partial charge in [-0.05, 0) is 38.1 Å². The number of oxime groups is 1. The van der Waals surface area contributed by atoms with Gasteiger partial charge in [-0.15, -0.1) is 0 Å². The van der Waals surface area contributed by atoms with Crippen LogP contribution in [-0.2, 0) is 0 Å². The van der Waals surface area contributed by atoms with Crippen LogP contribution in [-0.4, -0.2) is 35.6 Å². The molecular weight excluding hydrogens is 214 g/mol. The molecule has 0 aromatic rings. The zero-order valence-corrected chi connectivity index (χ0v) is 11.6. The van der Waals surface area contributed by atoms with Gasteiger partial charge in [0.05, 0.1) is 0 Å². The molecule has 4 heteroatoms. The lowest BCUT2D eigenvalue weighted by molar-refractivity contribution is 0.122. The maximum Gasteiger partial charge on any atom is 0.143 e. The molecule has 1 unspecified atom stereocenters. The third-order valence-electron chi connectivity index (χ3n) is 4.11. The van der Waals surface area contributed by atoms with Crippen molar-refractivity contribution in [2.45, 2.75) is 52.5 Å². The van der Waals surface area contributed by atoms with Crippen molar-refractivity contribution in [2.24, 2.45) is 22.2 Å². The Bertz CT molecular complexity index is 266. The topological polar surface area (TPSA) is 61.8 Å². The van der Waals surface area contributed by atoms with Crippen LogP contribution < -0.4 is 5.73 Å². The monoisotopic (exact) mass is 241 g/mol. The summed E-state index contributed by atoms with van der Waals surface area (Å²) in [6, 6.07) is 0.650. The van der Waals surface area contributed by atoms with Crippen molar-refractivity contribution in [1.29, 1.82) is 0 Å². The van der Waals surface area contributed by atoms with Gasteiger partial charge in [0.25, 0.3) is 0 Å². The molecule has 1 atom stereocenters. The summed E-state index contributed by atoms with van der Waals surface area (Å²) in [6.45, 7) is 7.56. The minimum Gasteiger partial charge on any atom is -0.409 e. The molecule has 0 aromatic carbocycles. The molecule has 1 aliphatic carbocycles. The van der Waals surface area contributed by atoms with Crippen molar-refractivity contribution in [2.75, 3.05) is 13.6 Å². The number of amidine groups is 1. The molecule has 0 radical (unpaired) electrons. The third kappa shape index (κ3) is 4.19. The van der Waals surface area contributed by atoms with E-state index < -0.39 is 0 Å². The molecule has 0 spiro atoms. The summed E-state index contributed by atoms with van der Waals surface area (Å²) in [5.74, 6) is 0.438. The van der Waals surface area contributed by atoms with Crippen LogP contribution in [0.15, 0.2) is 5.16 Å². The highest BCUT2D eigenvalue weighted by Crippen LogP contribution is 2.36. The van der Waals surface area contributed by atoms with Gasteiger partial charge < -0.3 is 15.8 Å². The lowest BCUT2D eigenvalue weighted by Crippen LogP contribution is -2.41. The van der Waals surface area contributed by atoms with Crippen LogP contribution in [0.25, 0.3) is 0 Å². The van der Waals surface area contributed by atoms with E-state index in [4.69, 9.17) is 10.9 Å². The molecule has 0 saturated heterocycles. The van der Waals surface area contributed by atoms with E-state index in [0.717, 1.165) is 6.54 Å². The Kier molecular flexibility index (Phi) is 4.80. The maximum atomic E-state index is 8.64. The van der Waals surface area contributed by atoms with Gasteiger partial charge >= 0.3 is 0 Å². The maximum absolute atomic E-state index is 8.64. The molecule has 1 rings (SSSR count). The highest BCUT2D eigenvalue weighted by atomic mass is 16.4. The fraction of sp³-hybridized carbons (Fsp3) is 0.923. The van der Waals surface area contributed by atoms with E-state index in [2.05, 4.69) is 31.0 Å². The van der Waals surface area contributed by atoms with Crippen LogP contribution in [0.4, 0.5) is 0 Å². The smallest absolute Gasteiger partial charge is 0.143 e. The average Bonchev–Trinajstić information content (AvgIpc) is 2.27. The molecule has 17 heavy (non-hydrogen) atoms. The van der Waals surface area contributed by atoms with Crippen LogP contribution in [0.1, 0.15) is 46.5 Å².